The van der Waals surface area contributed by atoms with E-state index < -0.39 is 0 Å². The van der Waals surface area contributed by atoms with Crippen LogP contribution < -0.4 is 0 Å². The largest absolute Gasteiger partial charge is 0.465 e. The molecular weight excluding hydrogens is 330 g/mol. The Kier molecular flexibility index (Phi) is 4.43. The maximum atomic E-state index is 13.2. The molecule has 2 saturated carbocycles. The first-order chi connectivity index (χ1) is 10.1. The first-order valence-electron chi connectivity index (χ1n) is 8.17. The Bertz CT molecular complexity index is 509. The second-order valence-corrected chi connectivity index (χ2v) is 7.29. The molecule has 0 saturated heterocycles. The van der Waals surface area contributed by atoms with Crippen LogP contribution in [0.25, 0.3) is 0 Å². The highest BCUT2D eigenvalue weighted by Crippen LogP contribution is 2.36. The first-order valence-corrected chi connectivity index (χ1v) is 8.97. The number of halogens is 1. The lowest BCUT2D eigenvalue weighted by Gasteiger charge is -2.34. The van der Waals surface area contributed by atoms with E-state index in [0.29, 0.717) is 12.1 Å². The smallest absolute Gasteiger partial charge is 0.259 e. The molecule has 0 aliphatic heterocycles. The molecule has 0 N–H and O–H groups in total. The van der Waals surface area contributed by atoms with E-state index in [-0.39, 0.29) is 5.91 Å². The third kappa shape index (κ3) is 2.79. The van der Waals surface area contributed by atoms with Gasteiger partial charge in [0, 0.05) is 12.1 Å². The van der Waals surface area contributed by atoms with Crippen LogP contribution in [-0.4, -0.2) is 22.9 Å². The molecule has 0 spiro atoms. The van der Waals surface area contributed by atoms with Crippen molar-refractivity contribution in [1.82, 2.24) is 4.90 Å². The van der Waals surface area contributed by atoms with Crippen LogP contribution in [-0.2, 0) is 0 Å². The van der Waals surface area contributed by atoms with Gasteiger partial charge in [-0.25, -0.2) is 0 Å². The number of amides is 1. The van der Waals surface area contributed by atoms with Crippen LogP contribution in [0.4, 0.5) is 0 Å². The van der Waals surface area contributed by atoms with E-state index in [9.17, 15) is 4.79 Å². The van der Waals surface area contributed by atoms with Crippen LogP contribution in [0.1, 0.15) is 73.2 Å². The van der Waals surface area contributed by atoms with E-state index in [1.165, 1.54) is 25.7 Å². The van der Waals surface area contributed by atoms with Gasteiger partial charge in [-0.15, -0.1) is 0 Å². The summed E-state index contributed by atoms with van der Waals surface area (Å²) in [6, 6.07) is 0.865. The molecule has 1 aromatic heterocycles. The Balaban J connectivity index is 1.93. The molecule has 1 amide bonds. The van der Waals surface area contributed by atoms with Gasteiger partial charge in [-0.05, 0) is 55.5 Å². The third-order valence-electron chi connectivity index (χ3n) is 5.07. The molecule has 1 heterocycles. The normalized spacial score (nSPS) is 20.3. The Labute approximate surface area is 135 Å². The van der Waals surface area contributed by atoms with Crippen molar-refractivity contribution in [1.29, 1.82) is 0 Å². The third-order valence-corrected chi connectivity index (χ3v) is 6.03. The minimum Gasteiger partial charge on any atom is -0.465 e. The summed E-state index contributed by atoms with van der Waals surface area (Å²) in [4.78, 5) is 15.4. The number of furan rings is 1. The van der Waals surface area contributed by atoms with E-state index >= 15 is 0 Å². The zero-order valence-electron chi connectivity index (χ0n) is 13.0. The Morgan fingerprint density at radius 1 is 1.00 bits per heavy atom. The molecule has 3 nitrogen and oxygen atoms in total. The van der Waals surface area contributed by atoms with Gasteiger partial charge >= 0.3 is 0 Å². The fraction of sp³-hybridized carbons (Fsp3) is 0.706. The summed E-state index contributed by atoms with van der Waals surface area (Å²) in [5, 5.41) is 0. The van der Waals surface area contributed by atoms with Crippen molar-refractivity contribution in [3.8, 4) is 0 Å². The Morgan fingerprint density at radius 2 is 1.48 bits per heavy atom. The van der Waals surface area contributed by atoms with Gasteiger partial charge in [0.05, 0.1) is 10.0 Å². The summed E-state index contributed by atoms with van der Waals surface area (Å²) in [6.07, 6.45) is 9.67. The van der Waals surface area contributed by atoms with Crippen molar-refractivity contribution in [2.45, 2.75) is 77.3 Å². The van der Waals surface area contributed by atoms with Gasteiger partial charge < -0.3 is 9.32 Å². The lowest BCUT2D eigenvalue weighted by Crippen LogP contribution is -2.45. The fourth-order valence-electron chi connectivity index (χ4n) is 4.02. The quantitative estimate of drug-likeness (QED) is 0.767. The predicted molar refractivity (Wildman–Crippen MR) is 86.6 cm³/mol. The molecule has 3 rings (SSSR count). The summed E-state index contributed by atoms with van der Waals surface area (Å²) in [6.45, 7) is 3.80. The van der Waals surface area contributed by atoms with Crippen LogP contribution in [0.2, 0.25) is 0 Å². The number of hydrogen-bond donors (Lipinski definition) is 0. The molecule has 4 heteroatoms. The Hall–Kier alpha value is -0.770. The molecular formula is C17H24BrNO2. The van der Waals surface area contributed by atoms with E-state index in [0.717, 1.165) is 47.2 Å². The van der Waals surface area contributed by atoms with Gasteiger partial charge in [0.25, 0.3) is 5.91 Å². The minimum atomic E-state index is 0.176. The number of hydrogen-bond acceptors (Lipinski definition) is 2. The first kappa shape index (κ1) is 15.1. The molecule has 0 unspecified atom stereocenters. The van der Waals surface area contributed by atoms with E-state index in [2.05, 4.69) is 20.8 Å². The number of carbonyl (C=O) groups excluding carboxylic acids is 1. The van der Waals surface area contributed by atoms with E-state index in [4.69, 9.17) is 4.42 Å². The molecule has 0 radical (unpaired) electrons. The second-order valence-electron chi connectivity index (χ2n) is 6.49. The fourth-order valence-corrected chi connectivity index (χ4v) is 4.55. The highest BCUT2D eigenvalue weighted by molar-refractivity contribution is 9.10. The molecule has 0 atom stereocenters. The van der Waals surface area contributed by atoms with Crippen LogP contribution >= 0.6 is 15.9 Å². The van der Waals surface area contributed by atoms with Crippen molar-refractivity contribution in [2.24, 2.45) is 0 Å². The second kappa shape index (κ2) is 6.15. The highest BCUT2D eigenvalue weighted by Gasteiger charge is 2.36. The topological polar surface area (TPSA) is 33.5 Å². The molecule has 2 fully saturated rings. The van der Waals surface area contributed by atoms with Gasteiger partial charge in [0.1, 0.15) is 11.5 Å². The maximum Gasteiger partial charge on any atom is 0.259 e. The van der Waals surface area contributed by atoms with Crippen LogP contribution in [0, 0.1) is 13.8 Å². The predicted octanol–water partition coefficient (Wildman–Crippen LogP) is 4.99. The number of aryl methyl sites for hydroxylation is 2. The molecule has 0 aromatic carbocycles. The average molecular weight is 354 g/mol. The summed E-state index contributed by atoms with van der Waals surface area (Å²) in [5.74, 6) is 1.72. The number of carbonyl (C=O) groups is 1. The average Bonchev–Trinajstić information content (AvgIpc) is 3.15. The summed E-state index contributed by atoms with van der Waals surface area (Å²) >= 11 is 3.55. The van der Waals surface area contributed by atoms with Crippen LogP contribution in [0.15, 0.2) is 8.89 Å². The van der Waals surface area contributed by atoms with Gasteiger partial charge in [0.2, 0.25) is 0 Å². The van der Waals surface area contributed by atoms with Crippen LogP contribution in [0.3, 0.4) is 0 Å². The lowest BCUT2D eigenvalue weighted by molar-refractivity contribution is 0.0578. The molecule has 0 bridgehead atoms. The summed E-state index contributed by atoms with van der Waals surface area (Å²) < 4.78 is 6.49. The Morgan fingerprint density at radius 3 is 1.86 bits per heavy atom. The van der Waals surface area contributed by atoms with E-state index in [1.54, 1.807) is 0 Å². The zero-order valence-corrected chi connectivity index (χ0v) is 14.5. The van der Waals surface area contributed by atoms with Crippen LogP contribution in [0.5, 0.6) is 0 Å². The van der Waals surface area contributed by atoms with Gasteiger partial charge in [0.15, 0.2) is 0 Å². The summed E-state index contributed by atoms with van der Waals surface area (Å²) in [5.41, 5.74) is 0.742. The SMILES string of the molecule is Cc1oc(C)c(C(=O)N(C2CCCC2)C2CCCC2)c1Br. The van der Waals surface area contributed by atoms with Crippen molar-refractivity contribution in [3.63, 3.8) is 0 Å². The number of rotatable bonds is 3. The monoisotopic (exact) mass is 353 g/mol. The van der Waals surface area contributed by atoms with Gasteiger partial charge in [-0.2, -0.15) is 0 Å². The highest BCUT2D eigenvalue weighted by atomic mass is 79.9. The van der Waals surface area contributed by atoms with Crippen molar-refractivity contribution in [3.05, 3.63) is 21.6 Å². The van der Waals surface area contributed by atoms with Gasteiger partial charge in [-0.3, -0.25) is 4.79 Å². The molecule has 116 valence electrons. The van der Waals surface area contributed by atoms with Gasteiger partial charge in [-0.1, -0.05) is 25.7 Å². The molecule has 21 heavy (non-hydrogen) atoms. The lowest BCUT2D eigenvalue weighted by atomic mass is 10.1. The molecule has 2 aliphatic carbocycles. The maximum absolute atomic E-state index is 13.2. The molecule has 1 aromatic rings. The van der Waals surface area contributed by atoms with Crippen molar-refractivity contribution >= 4 is 21.8 Å². The number of nitrogens with zero attached hydrogens (tertiary/aromatic N) is 1. The van der Waals surface area contributed by atoms with Crippen molar-refractivity contribution < 1.29 is 9.21 Å². The van der Waals surface area contributed by atoms with Crippen molar-refractivity contribution in [2.75, 3.05) is 0 Å². The standard InChI is InChI=1S/C17H24BrNO2/c1-11-15(16(18)12(2)21-11)17(20)19(13-7-3-4-8-13)14-9-5-6-10-14/h13-14H,3-10H2,1-2H3. The summed E-state index contributed by atoms with van der Waals surface area (Å²) in [7, 11) is 0. The minimum absolute atomic E-state index is 0.176. The molecule has 2 aliphatic rings. The zero-order chi connectivity index (χ0) is 15.0. The van der Waals surface area contributed by atoms with E-state index in [1.807, 2.05) is 13.8 Å².